The Morgan fingerprint density at radius 2 is 2.04 bits per heavy atom. The second kappa shape index (κ2) is 8.35. The Morgan fingerprint density at radius 3 is 2.78 bits per heavy atom. The number of halogens is 1. The Morgan fingerprint density at radius 1 is 1.26 bits per heavy atom. The summed E-state index contributed by atoms with van der Waals surface area (Å²) < 4.78 is 1.49. The van der Waals surface area contributed by atoms with Crippen molar-refractivity contribution in [3.63, 3.8) is 0 Å². The van der Waals surface area contributed by atoms with Crippen LogP contribution in [0, 0.1) is 6.92 Å². The van der Waals surface area contributed by atoms with Gasteiger partial charge in [0.2, 0.25) is 5.91 Å². The molecule has 0 spiro atoms. The summed E-state index contributed by atoms with van der Waals surface area (Å²) in [5.74, 6) is -0.113. The lowest BCUT2D eigenvalue weighted by molar-refractivity contribution is -0.122. The number of carbonyl (C=O) groups is 1. The zero-order chi connectivity index (χ0) is 19.4. The molecule has 3 rings (SSSR count). The van der Waals surface area contributed by atoms with Gasteiger partial charge in [0.05, 0.1) is 23.3 Å². The van der Waals surface area contributed by atoms with E-state index in [4.69, 9.17) is 11.6 Å². The number of carbonyl (C=O) groups excluding carboxylic acids is 1. The normalized spacial score (nSPS) is 12.1. The minimum absolute atomic E-state index is 0.106. The molecule has 0 bridgehead atoms. The molecular formula is C21H22ClN3O2. The zero-order valence-corrected chi connectivity index (χ0v) is 16.2. The fourth-order valence-electron chi connectivity index (χ4n) is 3.13. The third kappa shape index (κ3) is 4.37. The fraction of sp³-hybridized carbons (Fsp3) is 0.286. The molecule has 5 nitrogen and oxygen atoms in total. The van der Waals surface area contributed by atoms with E-state index in [9.17, 15) is 9.59 Å². The molecule has 0 aliphatic rings. The molecule has 0 aliphatic heterocycles. The minimum Gasteiger partial charge on any atom is -0.349 e. The zero-order valence-electron chi connectivity index (χ0n) is 15.4. The largest absolute Gasteiger partial charge is 0.349 e. The van der Waals surface area contributed by atoms with E-state index in [0.29, 0.717) is 15.9 Å². The first-order chi connectivity index (χ1) is 13.0. The van der Waals surface area contributed by atoms with Gasteiger partial charge in [0, 0.05) is 18.0 Å². The fourth-order valence-corrected chi connectivity index (χ4v) is 3.33. The number of aryl methyl sites for hydroxylation is 2. The molecule has 1 amide bonds. The van der Waals surface area contributed by atoms with Crippen molar-refractivity contribution in [3.8, 4) is 0 Å². The number of benzene rings is 2. The van der Waals surface area contributed by atoms with Crippen LogP contribution in [0.2, 0.25) is 5.02 Å². The summed E-state index contributed by atoms with van der Waals surface area (Å²) in [6.45, 7) is 4.22. The quantitative estimate of drug-likeness (QED) is 0.699. The molecule has 1 unspecified atom stereocenters. The van der Waals surface area contributed by atoms with Gasteiger partial charge in [-0.2, -0.15) is 0 Å². The molecule has 0 radical (unpaired) electrons. The number of para-hydroxylation sites is 1. The van der Waals surface area contributed by atoms with Crippen LogP contribution in [0.25, 0.3) is 10.9 Å². The van der Waals surface area contributed by atoms with Crippen molar-refractivity contribution in [1.29, 1.82) is 0 Å². The Bertz CT molecular complexity index is 1030. The number of nitrogens with one attached hydrogen (secondary N) is 1. The average molecular weight is 384 g/mol. The van der Waals surface area contributed by atoms with Crippen LogP contribution in [0.5, 0.6) is 0 Å². The van der Waals surface area contributed by atoms with E-state index in [0.717, 1.165) is 17.5 Å². The van der Waals surface area contributed by atoms with E-state index >= 15 is 0 Å². The summed E-state index contributed by atoms with van der Waals surface area (Å²) in [6, 6.07) is 12.9. The van der Waals surface area contributed by atoms with Crippen molar-refractivity contribution in [1.82, 2.24) is 14.9 Å². The van der Waals surface area contributed by atoms with Crippen molar-refractivity contribution in [2.75, 3.05) is 0 Å². The van der Waals surface area contributed by atoms with Crippen molar-refractivity contribution >= 4 is 28.4 Å². The molecular weight excluding hydrogens is 362 g/mol. The second-order valence-electron chi connectivity index (χ2n) is 6.55. The lowest BCUT2D eigenvalue weighted by Crippen LogP contribution is -2.30. The van der Waals surface area contributed by atoms with E-state index in [1.165, 1.54) is 10.9 Å². The number of fused-ring (bicyclic) bond motifs is 1. The van der Waals surface area contributed by atoms with Crippen LogP contribution in [0.3, 0.4) is 0 Å². The van der Waals surface area contributed by atoms with Gasteiger partial charge >= 0.3 is 0 Å². The number of amides is 1. The molecule has 0 saturated carbocycles. The molecule has 6 heteroatoms. The van der Waals surface area contributed by atoms with E-state index in [1.54, 1.807) is 12.1 Å². The average Bonchev–Trinajstić information content (AvgIpc) is 2.66. The summed E-state index contributed by atoms with van der Waals surface area (Å²) in [5.41, 5.74) is 2.51. The standard InChI is InChI=1S/C21H22ClN3O2/c1-3-18(15-7-5-8-16(22)12-15)24-19(26)10-11-25-13-23-20-14(2)6-4-9-17(20)21(25)27/h4-9,12-13,18H,3,10-11H2,1-2H3,(H,24,26). The number of hydrogen-bond acceptors (Lipinski definition) is 3. The minimum atomic E-state index is -0.126. The van der Waals surface area contributed by atoms with Gasteiger partial charge < -0.3 is 5.32 Å². The first-order valence-electron chi connectivity index (χ1n) is 8.99. The molecule has 1 aromatic heterocycles. The van der Waals surface area contributed by atoms with Crippen molar-refractivity contribution in [3.05, 3.63) is 75.3 Å². The van der Waals surface area contributed by atoms with E-state index < -0.39 is 0 Å². The van der Waals surface area contributed by atoms with Gasteiger partial charge in [-0.15, -0.1) is 0 Å². The Balaban J connectivity index is 1.69. The van der Waals surface area contributed by atoms with E-state index in [-0.39, 0.29) is 30.5 Å². The van der Waals surface area contributed by atoms with Crippen LogP contribution in [0.15, 0.2) is 53.6 Å². The van der Waals surface area contributed by atoms with Gasteiger partial charge in [0.25, 0.3) is 5.56 Å². The predicted octanol–water partition coefficient (Wildman–Crippen LogP) is 4.02. The van der Waals surface area contributed by atoms with Gasteiger partial charge in [-0.1, -0.05) is 42.8 Å². The Labute approximate surface area is 163 Å². The highest BCUT2D eigenvalue weighted by Gasteiger charge is 2.14. The van der Waals surface area contributed by atoms with E-state index in [2.05, 4.69) is 10.3 Å². The van der Waals surface area contributed by atoms with Crippen LogP contribution in [-0.4, -0.2) is 15.5 Å². The van der Waals surface area contributed by atoms with Gasteiger partial charge in [-0.05, 0) is 42.7 Å². The van der Waals surface area contributed by atoms with Crippen LogP contribution in [0.1, 0.15) is 36.9 Å². The van der Waals surface area contributed by atoms with Crippen molar-refractivity contribution in [2.45, 2.75) is 39.3 Å². The highest BCUT2D eigenvalue weighted by molar-refractivity contribution is 6.30. The molecule has 1 N–H and O–H groups in total. The monoisotopic (exact) mass is 383 g/mol. The molecule has 0 saturated heterocycles. The van der Waals surface area contributed by atoms with Gasteiger partial charge in [-0.25, -0.2) is 4.98 Å². The topological polar surface area (TPSA) is 64.0 Å². The van der Waals surface area contributed by atoms with Crippen molar-refractivity contribution in [2.24, 2.45) is 0 Å². The first kappa shape index (κ1) is 19.1. The first-order valence-corrected chi connectivity index (χ1v) is 9.37. The Hall–Kier alpha value is -2.66. The van der Waals surface area contributed by atoms with Crippen LogP contribution in [-0.2, 0) is 11.3 Å². The summed E-state index contributed by atoms with van der Waals surface area (Å²) in [6.07, 6.45) is 2.47. The second-order valence-corrected chi connectivity index (χ2v) is 6.98. The molecule has 1 heterocycles. The van der Waals surface area contributed by atoms with Crippen molar-refractivity contribution < 1.29 is 4.79 Å². The van der Waals surface area contributed by atoms with Gasteiger partial charge in [0.15, 0.2) is 0 Å². The van der Waals surface area contributed by atoms with Gasteiger partial charge in [0.1, 0.15) is 0 Å². The number of aromatic nitrogens is 2. The molecule has 3 aromatic rings. The van der Waals surface area contributed by atoms with E-state index in [1.807, 2.05) is 44.2 Å². The Kier molecular flexibility index (Phi) is 5.91. The van der Waals surface area contributed by atoms with Crippen LogP contribution < -0.4 is 10.9 Å². The molecule has 2 aromatic carbocycles. The summed E-state index contributed by atoms with van der Waals surface area (Å²) in [4.78, 5) is 29.4. The van der Waals surface area contributed by atoms with Gasteiger partial charge in [-0.3, -0.25) is 14.2 Å². The molecule has 140 valence electrons. The molecule has 1 atom stereocenters. The lowest BCUT2D eigenvalue weighted by atomic mass is 10.0. The molecule has 0 aliphatic carbocycles. The van der Waals surface area contributed by atoms with Crippen LogP contribution in [0.4, 0.5) is 0 Å². The summed E-state index contributed by atoms with van der Waals surface area (Å²) >= 11 is 6.04. The highest BCUT2D eigenvalue weighted by atomic mass is 35.5. The lowest BCUT2D eigenvalue weighted by Gasteiger charge is -2.18. The third-order valence-corrected chi connectivity index (χ3v) is 4.86. The molecule has 27 heavy (non-hydrogen) atoms. The smallest absolute Gasteiger partial charge is 0.261 e. The maximum Gasteiger partial charge on any atom is 0.261 e. The molecule has 0 fully saturated rings. The number of nitrogens with zero attached hydrogens (tertiary/aromatic N) is 2. The summed E-state index contributed by atoms with van der Waals surface area (Å²) in [5, 5.41) is 4.23. The number of hydrogen-bond donors (Lipinski definition) is 1. The third-order valence-electron chi connectivity index (χ3n) is 4.63. The predicted molar refractivity (Wildman–Crippen MR) is 108 cm³/mol. The number of rotatable bonds is 6. The summed E-state index contributed by atoms with van der Waals surface area (Å²) in [7, 11) is 0. The SMILES string of the molecule is CCC(NC(=O)CCn1cnc2c(C)cccc2c1=O)c1cccc(Cl)c1. The van der Waals surface area contributed by atoms with Crippen LogP contribution >= 0.6 is 11.6 Å². The highest BCUT2D eigenvalue weighted by Crippen LogP contribution is 2.20. The maximum absolute atomic E-state index is 12.6. The maximum atomic E-state index is 12.6.